The van der Waals surface area contributed by atoms with E-state index in [0.717, 1.165) is 36.2 Å². The van der Waals surface area contributed by atoms with E-state index in [0.29, 0.717) is 5.92 Å². The van der Waals surface area contributed by atoms with Crippen LogP contribution in [-0.4, -0.2) is 27.9 Å². The molecule has 1 N–H and O–H groups in total. The summed E-state index contributed by atoms with van der Waals surface area (Å²) < 4.78 is 3.00. The molecule has 5 heteroatoms. The minimum atomic E-state index is 0.521. The van der Waals surface area contributed by atoms with Gasteiger partial charge in [0.1, 0.15) is 12.2 Å². The molecule has 20 heavy (non-hydrogen) atoms. The van der Waals surface area contributed by atoms with Crippen LogP contribution in [0.1, 0.15) is 18.3 Å². The van der Waals surface area contributed by atoms with Crippen LogP contribution in [0.3, 0.4) is 0 Å². The fourth-order valence-electron chi connectivity index (χ4n) is 2.33. The molecule has 0 saturated heterocycles. The number of nitrogens with zero attached hydrogens (tertiary/aromatic N) is 3. The van der Waals surface area contributed by atoms with Crippen LogP contribution < -0.4 is 5.32 Å². The van der Waals surface area contributed by atoms with Gasteiger partial charge in [0.25, 0.3) is 0 Å². The number of rotatable bonds is 7. The monoisotopic (exact) mass is 336 g/mol. The largest absolute Gasteiger partial charge is 0.317 e. The number of benzene rings is 1. The number of halogens is 1. The zero-order valence-electron chi connectivity index (χ0n) is 12.0. The van der Waals surface area contributed by atoms with Gasteiger partial charge < -0.3 is 5.32 Å². The normalized spacial score (nSPS) is 12.6. The van der Waals surface area contributed by atoms with Crippen molar-refractivity contribution in [1.29, 1.82) is 0 Å². The van der Waals surface area contributed by atoms with Gasteiger partial charge in [-0.1, -0.05) is 35.0 Å². The van der Waals surface area contributed by atoms with Crippen LogP contribution in [0.5, 0.6) is 0 Å². The maximum atomic E-state index is 4.34. The highest BCUT2D eigenvalue weighted by Crippen LogP contribution is 2.17. The smallest absolute Gasteiger partial charge is 0.138 e. The Morgan fingerprint density at radius 3 is 2.85 bits per heavy atom. The summed E-state index contributed by atoms with van der Waals surface area (Å²) in [6, 6.07) is 8.52. The summed E-state index contributed by atoms with van der Waals surface area (Å²) in [5.41, 5.74) is 1.35. The summed E-state index contributed by atoms with van der Waals surface area (Å²) in [7, 11) is 1.95. The molecule has 1 unspecified atom stereocenters. The molecule has 0 amide bonds. The molecule has 1 atom stereocenters. The number of aryl methyl sites for hydroxylation is 1. The van der Waals surface area contributed by atoms with E-state index in [1.54, 1.807) is 6.33 Å². The summed E-state index contributed by atoms with van der Waals surface area (Å²) in [6.07, 6.45) is 3.61. The second kappa shape index (κ2) is 7.55. The maximum Gasteiger partial charge on any atom is 0.138 e. The van der Waals surface area contributed by atoms with E-state index in [1.165, 1.54) is 5.56 Å². The molecule has 0 aliphatic heterocycles. The van der Waals surface area contributed by atoms with E-state index in [1.807, 2.05) is 11.7 Å². The lowest BCUT2D eigenvalue weighted by molar-refractivity contribution is 0.459. The van der Waals surface area contributed by atoms with Gasteiger partial charge in [0.15, 0.2) is 0 Å². The standard InChI is InChI=1S/C15H21BrN4/c1-3-17-10-13(9-15-18-11-19-20(15)2)7-12-5-4-6-14(16)8-12/h4-6,8,11,13,17H,3,7,9-10H2,1-2H3. The van der Waals surface area contributed by atoms with E-state index in [4.69, 9.17) is 0 Å². The zero-order valence-corrected chi connectivity index (χ0v) is 13.6. The highest BCUT2D eigenvalue weighted by molar-refractivity contribution is 9.10. The van der Waals surface area contributed by atoms with Gasteiger partial charge in [-0.3, -0.25) is 4.68 Å². The Balaban J connectivity index is 2.05. The fraction of sp³-hybridized carbons (Fsp3) is 0.467. The first-order valence-electron chi connectivity index (χ1n) is 6.97. The van der Waals surface area contributed by atoms with Gasteiger partial charge in [-0.15, -0.1) is 0 Å². The lowest BCUT2D eigenvalue weighted by Gasteiger charge is -2.17. The van der Waals surface area contributed by atoms with Crippen molar-refractivity contribution in [2.75, 3.05) is 13.1 Å². The minimum absolute atomic E-state index is 0.521. The number of hydrogen-bond donors (Lipinski definition) is 1. The van der Waals surface area contributed by atoms with Crippen molar-refractivity contribution >= 4 is 15.9 Å². The molecule has 1 aromatic carbocycles. The Hall–Kier alpha value is -1.20. The van der Waals surface area contributed by atoms with Gasteiger partial charge >= 0.3 is 0 Å². The Morgan fingerprint density at radius 1 is 1.35 bits per heavy atom. The first-order chi connectivity index (χ1) is 9.69. The Bertz CT molecular complexity index is 538. The third kappa shape index (κ3) is 4.42. The molecular formula is C15H21BrN4. The molecule has 2 rings (SSSR count). The molecule has 1 aromatic heterocycles. The van der Waals surface area contributed by atoms with E-state index in [9.17, 15) is 0 Å². The van der Waals surface area contributed by atoms with E-state index in [2.05, 4.69) is 62.5 Å². The highest BCUT2D eigenvalue weighted by atomic mass is 79.9. The van der Waals surface area contributed by atoms with Gasteiger partial charge in [-0.25, -0.2) is 4.98 Å². The van der Waals surface area contributed by atoms with Crippen molar-refractivity contribution in [3.8, 4) is 0 Å². The molecule has 0 radical (unpaired) electrons. The summed E-state index contributed by atoms with van der Waals surface area (Å²) in [4.78, 5) is 4.34. The van der Waals surface area contributed by atoms with Crippen molar-refractivity contribution in [2.45, 2.75) is 19.8 Å². The van der Waals surface area contributed by atoms with Gasteiger partial charge in [-0.2, -0.15) is 5.10 Å². The van der Waals surface area contributed by atoms with Crippen LogP contribution in [0.4, 0.5) is 0 Å². The van der Waals surface area contributed by atoms with Crippen LogP contribution in [0.25, 0.3) is 0 Å². The minimum Gasteiger partial charge on any atom is -0.317 e. The summed E-state index contributed by atoms with van der Waals surface area (Å²) in [5, 5.41) is 7.59. The third-order valence-corrected chi connectivity index (χ3v) is 3.87. The summed E-state index contributed by atoms with van der Waals surface area (Å²) in [5.74, 6) is 1.56. The molecule has 4 nitrogen and oxygen atoms in total. The Labute approximate surface area is 128 Å². The molecule has 108 valence electrons. The molecule has 0 spiro atoms. The van der Waals surface area contributed by atoms with Crippen LogP contribution in [-0.2, 0) is 19.9 Å². The summed E-state index contributed by atoms with van der Waals surface area (Å²) >= 11 is 3.53. The van der Waals surface area contributed by atoms with E-state index >= 15 is 0 Å². The van der Waals surface area contributed by atoms with Crippen molar-refractivity contribution in [2.24, 2.45) is 13.0 Å². The van der Waals surface area contributed by atoms with E-state index < -0.39 is 0 Å². The molecule has 0 aliphatic carbocycles. The van der Waals surface area contributed by atoms with Gasteiger partial charge in [0, 0.05) is 17.9 Å². The predicted octanol–water partition coefficient (Wildman–Crippen LogP) is 2.59. The highest BCUT2D eigenvalue weighted by Gasteiger charge is 2.13. The van der Waals surface area contributed by atoms with Crippen molar-refractivity contribution in [3.05, 3.63) is 46.5 Å². The van der Waals surface area contributed by atoms with Crippen LogP contribution in [0.2, 0.25) is 0 Å². The second-order valence-corrected chi connectivity index (χ2v) is 5.93. The fourth-order valence-corrected chi connectivity index (χ4v) is 2.77. The molecule has 2 aromatic rings. The molecular weight excluding hydrogens is 316 g/mol. The lowest BCUT2D eigenvalue weighted by atomic mass is 9.95. The van der Waals surface area contributed by atoms with Crippen molar-refractivity contribution in [3.63, 3.8) is 0 Å². The quantitative estimate of drug-likeness (QED) is 0.845. The van der Waals surface area contributed by atoms with Crippen LogP contribution in [0, 0.1) is 5.92 Å². The molecule has 0 saturated carbocycles. The third-order valence-electron chi connectivity index (χ3n) is 3.37. The number of hydrogen-bond acceptors (Lipinski definition) is 3. The average molecular weight is 337 g/mol. The van der Waals surface area contributed by atoms with Crippen LogP contribution >= 0.6 is 15.9 Å². The Morgan fingerprint density at radius 2 is 2.20 bits per heavy atom. The Kier molecular flexibility index (Phi) is 5.73. The molecule has 0 fully saturated rings. The molecule has 1 heterocycles. The summed E-state index contributed by atoms with van der Waals surface area (Å²) in [6.45, 7) is 4.13. The van der Waals surface area contributed by atoms with Gasteiger partial charge in [0.05, 0.1) is 0 Å². The van der Waals surface area contributed by atoms with Gasteiger partial charge in [0.2, 0.25) is 0 Å². The maximum absolute atomic E-state index is 4.34. The predicted molar refractivity (Wildman–Crippen MR) is 84.6 cm³/mol. The van der Waals surface area contributed by atoms with Crippen molar-refractivity contribution < 1.29 is 0 Å². The zero-order chi connectivity index (χ0) is 14.4. The first kappa shape index (κ1) is 15.2. The average Bonchev–Trinajstić information content (AvgIpc) is 2.82. The molecule has 0 bridgehead atoms. The SMILES string of the molecule is CCNCC(Cc1cccc(Br)c1)Cc1ncnn1C. The second-order valence-electron chi connectivity index (χ2n) is 5.01. The first-order valence-corrected chi connectivity index (χ1v) is 7.76. The topological polar surface area (TPSA) is 42.7 Å². The van der Waals surface area contributed by atoms with Gasteiger partial charge in [-0.05, 0) is 43.1 Å². The molecule has 0 aliphatic rings. The number of nitrogens with one attached hydrogen (secondary N) is 1. The van der Waals surface area contributed by atoms with Crippen molar-refractivity contribution in [1.82, 2.24) is 20.1 Å². The van der Waals surface area contributed by atoms with Crippen LogP contribution in [0.15, 0.2) is 35.1 Å². The number of aromatic nitrogens is 3. The van der Waals surface area contributed by atoms with E-state index in [-0.39, 0.29) is 0 Å². The lowest BCUT2D eigenvalue weighted by Crippen LogP contribution is -2.26.